The maximum Gasteiger partial charge on any atom is 0.391 e. The van der Waals surface area contributed by atoms with Crippen LogP contribution in [-0.2, 0) is 9.53 Å². The molecule has 1 aromatic rings. The van der Waals surface area contributed by atoms with Gasteiger partial charge in [-0.15, -0.1) is 0 Å². The van der Waals surface area contributed by atoms with Crippen LogP contribution in [-0.4, -0.2) is 60.7 Å². The van der Waals surface area contributed by atoms with Gasteiger partial charge in [-0.3, -0.25) is 4.79 Å². The van der Waals surface area contributed by atoms with E-state index in [0.717, 1.165) is 0 Å². The van der Waals surface area contributed by atoms with Crippen molar-refractivity contribution in [3.8, 4) is 0 Å². The van der Waals surface area contributed by atoms with E-state index in [9.17, 15) is 22.8 Å². The molecule has 6 nitrogen and oxygen atoms in total. The Morgan fingerprint density at radius 2 is 1.90 bits per heavy atom. The molecule has 1 aliphatic heterocycles. The average Bonchev–Trinajstić information content (AvgIpc) is 2.73. The van der Waals surface area contributed by atoms with Crippen molar-refractivity contribution in [1.29, 1.82) is 0 Å². The largest absolute Gasteiger partial charge is 0.462 e. The van der Waals surface area contributed by atoms with Gasteiger partial charge in [0.2, 0.25) is 5.91 Å². The van der Waals surface area contributed by atoms with Gasteiger partial charge in [0.05, 0.1) is 18.1 Å². The summed E-state index contributed by atoms with van der Waals surface area (Å²) in [6.07, 6.45) is -1.77. The van der Waals surface area contributed by atoms with Crippen molar-refractivity contribution in [2.45, 2.75) is 38.8 Å². The molecule has 0 N–H and O–H groups in total. The number of aromatic nitrogens is 1. The average molecular weight is 413 g/mol. The maximum absolute atomic E-state index is 13.0. The molecule has 1 aromatic heterocycles. The number of anilines is 1. The van der Waals surface area contributed by atoms with Crippen LogP contribution < -0.4 is 4.90 Å². The minimum atomic E-state index is -4.22. The highest BCUT2D eigenvalue weighted by Crippen LogP contribution is 2.40. The monoisotopic (exact) mass is 413 g/mol. The smallest absolute Gasteiger partial charge is 0.391 e. The fourth-order valence-electron chi connectivity index (χ4n) is 4.03. The minimum Gasteiger partial charge on any atom is -0.462 e. The van der Waals surface area contributed by atoms with Crippen LogP contribution in [0.2, 0.25) is 0 Å². The Balaban J connectivity index is 1.53. The predicted octanol–water partition coefficient (Wildman–Crippen LogP) is 3.28. The third-order valence-electron chi connectivity index (χ3n) is 5.66. The summed E-state index contributed by atoms with van der Waals surface area (Å²) >= 11 is 0. The molecule has 2 aliphatic rings. The number of carbonyl (C=O) groups excluding carboxylic acids is 2. The number of halogens is 3. The zero-order chi connectivity index (χ0) is 21.0. The molecule has 0 bridgehead atoms. The topological polar surface area (TPSA) is 62.7 Å². The van der Waals surface area contributed by atoms with Gasteiger partial charge in [-0.25, -0.2) is 9.78 Å². The van der Waals surface area contributed by atoms with Crippen LogP contribution in [0.1, 0.15) is 43.0 Å². The molecular formula is C20H26F3N3O3. The first kappa shape index (κ1) is 21.4. The first-order valence-electron chi connectivity index (χ1n) is 10.0. The lowest BCUT2D eigenvalue weighted by Crippen LogP contribution is -2.51. The number of hydrogen-bond donors (Lipinski definition) is 0. The molecule has 2 atom stereocenters. The van der Waals surface area contributed by atoms with E-state index in [4.69, 9.17) is 4.74 Å². The first-order valence-corrected chi connectivity index (χ1v) is 10.0. The summed E-state index contributed by atoms with van der Waals surface area (Å²) in [7, 11) is 0. The van der Waals surface area contributed by atoms with Gasteiger partial charge < -0.3 is 14.5 Å². The van der Waals surface area contributed by atoms with E-state index in [1.807, 2.05) is 4.90 Å². The third-order valence-corrected chi connectivity index (χ3v) is 5.66. The summed E-state index contributed by atoms with van der Waals surface area (Å²) in [5.74, 6) is -1.80. The molecule has 9 heteroatoms. The summed E-state index contributed by atoms with van der Waals surface area (Å²) in [6, 6.07) is 3.38. The Hall–Kier alpha value is -2.32. The van der Waals surface area contributed by atoms with E-state index in [1.165, 1.54) is 6.20 Å². The zero-order valence-corrected chi connectivity index (χ0v) is 16.5. The molecule has 0 aromatic carbocycles. The van der Waals surface area contributed by atoms with Crippen molar-refractivity contribution >= 4 is 17.7 Å². The molecule has 0 spiro atoms. The van der Waals surface area contributed by atoms with Gasteiger partial charge in [0.15, 0.2) is 0 Å². The summed E-state index contributed by atoms with van der Waals surface area (Å²) in [5.41, 5.74) is 0.376. The Morgan fingerprint density at radius 1 is 1.17 bits per heavy atom. The summed E-state index contributed by atoms with van der Waals surface area (Å²) in [6.45, 7) is 4.03. The minimum absolute atomic E-state index is 0.0978. The van der Waals surface area contributed by atoms with Gasteiger partial charge >= 0.3 is 12.1 Å². The van der Waals surface area contributed by atoms with Crippen LogP contribution >= 0.6 is 0 Å². The molecule has 1 amide bonds. The second kappa shape index (κ2) is 9.00. The van der Waals surface area contributed by atoms with Crippen molar-refractivity contribution in [2.75, 3.05) is 37.7 Å². The highest BCUT2D eigenvalue weighted by atomic mass is 19.4. The third kappa shape index (κ3) is 5.19. The Bertz CT molecular complexity index is 716. The molecule has 29 heavy (non-hydrogen) atoms. The summed E-state index contributed by atoms with van der Waals surface area (Å²) < 4.78 is 44.0. The number of carbonyl (C=O) groups is 2. The van der Waals surface area contributed by atoms with Gasteiger partial charge in [-0.2, -0.15) is 13.2 Å². The van der Waals surface area contributed by atoms with Crippen LogP contribution in [0.15, 0.2) is 18.3 Å². The summed E-state index contributed by atoms with van der Waals surface area (Å²) in [4.78, 5) is 32.4. The van der Waals surface area contributed by atoms with Gasteiger partial charge in [-0.1, -0.05) is 6.42 Å². The highest BCUT2D eigenvalue weighted by Gasteiger charge is 2.44. The van der Waals surface area contributed by atoms with Gasteiger partial charge in [0.25, 0.3) is 0 Å². The molecule has 2 unspecified atom stereocenters. The van der Waals surface area contributed by atoms with E-state index in [0.29, 0.717) is 57.0 Å². The number of amides is 1. The van der Waals surface area contributed by atoms with E-state index >= 15 is 0 Å². The number of rotatable bonds is 4. The normalized spacial score (nSPS) is 23.0. The number of ether oxygens (including phenoxy) is 1. The Labute approximate surface area is 168 Å². The molecule has 1 saturated heterocycles. The van der Waals surface area contributed by atoms with Crippen LogP contribution in [0.4, 0.5) is 19.0 Å². The quantitative estimate of drug-likeness (QED) is 0.709. The fourth-order valence-corrected chi connectivity index (χ4v) is 4.03. The fraction of sp³-hybridized carbons (Fsp3) is 0.650. The number of esters is 1. The number of nitrogens with zero attached hydrogens (tertiary/aromatic N) is 3. The molecular weight excluding hydrogens is 387 g/mol. The number of alkyl halides is 3. The van der Waals surface area contributed by atoms with Crippen LogP contribution in [0.25, 0.3) is 0 Å². The van der Waals surface area contributed by atoms with Crippen molar-refractivity contribution < 1.29 is 27.5 Å². The van der Waals surface area contributed by atoms with E-state index in [-0.39, 0.29) is 18.7 Å². The van der Waals surface area contributed by atoms with Crippen molar-refractivity contribution in [3.05, 3.63) is 23.9 Å². The zero-order valence-electron chi connectivity index (χ0n) is 16.5. The van der Waals surface area contributed by atoms with Crippen LogP contribution in [0.5, 0.6) is 0 Å². The van der Waals surface area contributed by atoms with Crippen LogP contribution in [0, 0.1) is 11.8 Å². The molecule has 2 fully saturated rings. The lowest BCUT2D eigenvalue weighted by atomic mass is 9.80. The standard InChI is InChI=1S/C20H26F3N3O3/c1-2-29-19(28)15-6-7-17(24-13-15)25-8-10-26(11-9-25)18(27)14-4-3-5-16(12-14)20(21,22)23/h6-7,13-14,16H,2-5,8-12H2,1H3. The van der Waals surface area contributed by atoms with E-state index in [2.05, 4.69) is 4.98 Å². The molecule has 1 saturated carbocycles. The highest BCUT2D eigenvalue weighted by molar-refractivity contribution is 5.89. The molecule has 160 valence electrons. The van der Waals surface area contributed by atoms with Gasteiger partial charge in [0, 0.05) is 38.3 Å². The first-order chi connectivity index (χ1) is 13.8. The van der Waals surface area contributed by atoms with Crippen molar-refractivity contribution in [2.24, 2.45) is 11.8 Å². The predicted molar refractivity (Wildman–Crippen MR) is 100 cm³/mol. The lowest BCUT2D eigenvalue weighted by Gasteiger charge is -2.38. The molecule has 3 rings (SSSR count). The maximum atomic E-state index is 13.0. The van der Waals surface area contributed by atoms with Gasteiger partial charge in [-0.05, 0) is 38.3 Å². The number of hydrogen-bond acceptors (Lipinski definition) is 5. The van der Waals surface area contributed by atoms with E-state index in [1.54, 1.807) is 24.0 Å². The number of pyridine rings is 1. The number of piperazine rings is 1. The van der Waals surface area contributed by atoms with E-state index < -0.39 is 24.0 Å². The van der Waals surface area contributed by atoms with Gasteiger partial charge in [0.1, 0.15) is 5.82 Å². The Morgan fingerprint density at radius 3 is 2.48 bits per heavy atom. The second-order valence-corrected chi connectivity index (χ2v) is 7.54. The molecule has 1 aliphatic carbocycles. The molecule has 2 heterocycles. The van der Waals surface area contributed by atoms with Crippen LogP contribution in [0.3, 0.4) is 0 Å². The summed E-state index contributed by atoms with van der Waals surface area (Å²) in [5, 5.41) is 0. The Kier molecular flexibility index (Phi) is 6.64. The van der Waals surface area contributed by atoms with Crippen molar-refractivity contribution in [3.63, 3.8) is 0 Å². The SMILES string of the molecule is CCOC(=O)c1ccc(N2CCN(C(=O)C3CCCC(C(F)(F)F)C3)CC2)nc1. The molecule has 0 radical (unpaired) electrons. The lowest BCUT2D eigenvalue weighted by molar-refractivity contribution is -0.187. The second-order valence-electron chi connectivity index (χ2n) is 7.54. The van der Waals surface area contributed by atoms with Crippen molar-refractivity contribution in [1.82, 2.24) is 9.88 Å².